The second kappa shape index (κ2) is 8.58. The normalized spacial score (nSPS) is 23.1. The Hall–Kier alpha value is -3.47. The molecule has 4 N–H and O–H groups in total. The van der Waals surface area contributed by atoms with Crippen LogP contribution in [-0.4, -0.2) is 47.6 Å². The van der Waals surface area contributed by atoms with Crippen LogP contribution in [0.15, 0.2) is 42.5 Å². The quantitative estimate of drug-likeness (QED) is 0.499. The van der Waals surface area contributed by atoms with Gasteiger partial charge in [-0.05, 0) is 48.9 Å². The number of nitrogens with one attached hydrogen (secondary N) is 2. The molecule has 0 unspecified atom stereocenters. The van der Waals surface area contributed by atoms with Gasteiger partial charge in [-0.15, -0.1) is 0 Å². The Morgan fingerprint density at radius 2 is 1.84 bits per heavy atom. The number of aliphatic hydroxyl groups is 1. The standard InChI is InChI=1S/C21H21F3N2O6/c1-3-32-15-10-12(6-9-14(15)27)17-16(18(28)11-4-7-13(31-2)8-5-11)20(30,21(22,23)24)26-19(29)25-17/h4-10,16-17,27,30H,3H2,1-2H3,(H2,25,26,29)/t16-,17+,20+/m1/s1. The lowest BCUT2D eigenvalue weighted by Gasteiger charge is -2.45. The average Bonchev–Trinajstić information content (AvgIpc) is 2.74. The SMILES string of the molecule is CCOc1cc([C@@H]2NC(=O)N[C@@](O)(C(F)(F)F)[C@H]2C(=O)c2ccc(OC)cc2)ccc1O. The summed E-state index contributed by atoms with van der Waals surface area (Å²) >= 11 is 0. The predicted octanol–water partition coefficient (Wildman–Crippen LogP) is 2.90. The number of urea groups is 1. The number of alkyl halides is 3. The third kappa shape index (κ3) is 4.15. The fourth-order valence-electron chi connectivity index (χ4n) is 3.55. The van der Waals surface area contributed by atoms with Gasteiger partial charge < -0.3 is 30.3 Å². The van der Waals surface area contributed by atoms with Crippen molar-refractivity contribution in [3.8, 4) is 17.2 Å². The van der Waals surface area contributed by atoms with Crippen molar-refractivity contribution in [2.75, 3.05) is 13.7 Å². The number of amides is 2. The smallest absolute Gasteiger partial charge is 0.437 e. The van der Waals surface area contributed by atoms with E-state index in [1.807, 2.05) is 0 Å². The maximum Gasteiger partial charge on any atom is 0.437 e. The summed E-state index contributed by atoms with van der Waals surface area (Å²) in [6.07, 6.45) is -5.38. The summed E-state index contributed by atoms with van der Waals surface area (Å²) in [5, 5.41) is 24.3. The van der Waals surface area contributed by atoms with Crippen LogP contribution in [0.3, 0.4) is 0 Å². The summed E-state index contributed by atoms with van der Waals surface area (Å²) in [5.41, 5.74) is -3.97. The molecule has 1 saturated heterocycles. The highest BCUT2D eigenvalue weighted by atomic mass is 19.4. The predicted molar refractivity (Wildman–Crippen MR) is 106 cm³/mol. The van der Waals surface area contributed by atoms with Crippen LogP contribution in [0.4, 0.5) is 18.0 Å². The molecule has 2 aromatic carbocycles. The number of Topliss-reactive ketones (excluding diaryl/α,β-unsaturated/α-hetero) is 1. The molecular weight excluding hydrogens is 433 g/mol. The summed E-state index contributed by atoms with van der Waals surface area (Å²) in [4.78, 5) is 25.3. The Morgan fingerprint density at radius 1 is 1.19 bits per heavy atom. The first-order valence-electron chi connectivity index (χ1n) is 9.53. The highest BCUT2D eigenvalue weighted by Gasteiger charge is 2.66. The molecule has 32 heavy (non-hydrogen) atoms. The molecule has 1 aliphatic heterocycles. The van der Waals surface area contributed by atoms with Crippen LogP contribution in [0.5, 0.6) is 17.2 Å². The van der Waals surface area contributed by atoms with Gasteiger partial charge in [0.05, 0.1) is 19.8 Å². The summed E-state index contributed by atoms with van der Waals surface area (Å²) in [6, 6.07) is 5.98. The van der Waals surface area contributed by atoms with Crippen LogP contribution in [0.1, 0.15) is 28.9 Å². The van der Waals surface area contributed by atoms with Gasteiger partial charge in [0, 0.05) is 5.56 Å². The number of halogens is 3. The molecule has 1 fully saturated rings. The average molecular weight is 454 g/mol. The van der Waals surface area contributed by atoms with E-state index in [1.165, 1.54) is 48.8 Å². The number of ketones is 1. The maximum absolute atomic E-state index is 14.0. The summed E-state index contributed by atoms with van der Waals surface area (Å²) < 4.78 is 52.2. The van der Waals surface area contributed by atoms with Crippen LogP contribution in [-0.2, 0) is 0 Å². The van der Waals surface area contributed by atoms with Crippen molar-refractivity contribution in [1.29, 1.82) is 0 Å². The van der Waals surface area contributed by atoms with Gasteiger partial charge in [0.2, 0.25) is 5.72 Å². The number of phenolic OH excluding ortho intramolecular Hbond substituents is 1. The minimum Gasteiger partial charge on any atom is -0.504 e. The molecule has 0 aliphatic carbocycles. The van der Waals surface area contributed by atoms with Crippen molar-refractivity contribution in [3.63, 3.8) is 0 Å². The van der Waals surface area contributed by atoms with Gasteiger partial charge in [-0.1, -0.05) is 6.07 Å². The van der Waals surface area contributed by atoms with E-state index in [1.54, 1.807) is 6.92 Å². The summed E-state index contributed by atoms with van der Waals surface area (Å²) in [7, 11) is 1.39. The number of phenols is 1. The minimum atomic E-state index is -5.38. The van der Waals surface area contributed by atoms with E-state index in [9.17, 15) is 33.0 Å². The lowest BCUT2D eigenvalue weighted by molar-refractivity contribution is -0.287. The molecule has 172 valence electrons. The van der Waals surface area contributed by atoms with Crippen LogP contribution in [0.25, 0.3) is 0 Å². The Kier molecular flexibility index (Phi) is 6.22. The topological polar surface area (TPSA) is 117 Å². The maximum atomic E-state index is 14.0. The van der Waals surface area contributed by atoms with Crippen LogP contribution >= 0.6 is 0 Å². The monoisotopic (exact) mass is 454 g/mol. The number of benzene rings is 2. The first-order chi connectivity index (χ1) is 15.0. The molecule has 2 amide bonds. The number of methoxy groups -OCH3 is 1. The third-order valence-electron chi connectivity index (χ3n) is 5.11. The van der Waals surface area contributed by atoms with E-state index in [0.717, 1.165) is 6.07 Å². The number of rotatable bonds is 6. The zero-order valence-electron chi connectivity index (χ0n) is 17.1. The Bertz CT molecular complexity index is 1010. The van der Waals surface area contributed by atoms with Crippen molar-refractivity contribution in [3.05, 3.63) is 53.6 Å². The number of hydrogen-bond acceptors (Lipinski definition) is 6. The number of aromatic hydroxyl groups is 1. The second-order valence-electron chi connectivity index (χ2n) is 7.07. The molecule has 0 spiro atoms. The molecule has 1 aliphatic rings. The van der Waals surface area contributed by atoms with Crippen LogP contribution < -0.4 is 20.1 Å². The number of hydrogen-bond donors (Lipinski definition) is 4. The van der Waals surface area contributed by atoms with Gasteiger partial charge in [-0.2, -0.15) is 13.2 Å². The van der Waals surface area contributed by atoms with Crippen LogP contribution in [0.2, 0.25) is 0 Å². The van der Waals surface area contributed by atoms with Crippen molar-refractivity contribution < 1.29 is 42.4 Å². The molecule has 3 rings (SSSR count). The van der Waals surface area contributed by atoms with Gasteiger partial charge in [0.1, 0.15) is 11.7 Å². The van der Waals surface area contributed by atoms with Gasteiger partial charge >= 0.3 is 12.2 Å². The molecule has 0 saturated carbocycles. The van der Waals surface area contributed by atoms with E-state index >= 15 is 0 Å². The van der Waals surface area contributed by atoms with Gasteiger partial charge in [-0.25, -0.2) is 4.79 Å². The largest absolute Gasteiger partial charge is 0.504 e. The van der Waals surface area contributed by atoms with Crippen molar-refractivity contribution in [2.45, 2.75) is 24.9 Å². The Balaban J connectivity index is 2.15. The molecule has 8 nitrogen and oxygen atoms in total. The molecule has 3 atom stereocenters. The first kappa shape index (κ1) is 23.2. The highest BCUT2D eigenvalue weighted by molar-refractivity contribution is 6.00. The molecule has 2 aromatic rings. The van der Waals surface area contributed by atoms with E-state index in [4.69, 9.17) is 9.47 Å². The Labute approximate surface area is 181 Å². The summed E-state index contributed by atoms with van der Waals surface area (Å²) in [6.45, 7) is 1.78. The minimum absolute atomic E-state index is 0.0237. The van der Waals surface area contributed by atoms with Crippen molar-refractivity contribution in [1.82, 2.24) is 10.6 Å². The zero-order chi connectivity index (χ0) is 23.7. The van der Waals surface area contributed by atoms with E-state index < -0.39 is 35.7 Å². The Morgan fingerprint density at radius 3 is 2.41 bits per heavy atom. The van der Waals surface area contributed by atoms with Gasteiger partial charge in [0.15, 0.2) is 17.3 Å². The highest BCUT2D eigenvalue weighted by Crippen LogP contribution is 2.45. The molecule has 0 radical (unpaired) electrons. The lowest BCUT2D eigenvalue weighted by Crippen LogP contribution is -2.72. The van der Waals surface area contributed by atoms with Crippen LogP contribution in [0, 0.1) is 5.92 Å². The zero-order valence-corrected chi connectivity index (χ0v) is 17.1. The van der Waals surface area contributed by atoms with Crippen molar-refractivity contribution >= 4 is 11.8 Å². The van der Waals surface area contributed by atoms with E-state index in [2.05, 4.69) is 5.32 Å². The molecule has 0 bridgehead atoms. The number of carbonyl (C=O) groups is 2. The van der Waals surface area contributed by atoms with Crippen molar-refractivity contribution in [2.24, 2.45) is 5.92 Å². The fraction of sp³-hybridized carbons (Fsp3) is 0.333. The van der Waals surface area contributed by atoms with Gasteiger partial charge in [-0.3, -0.25) is 4.79 Å². The third-order valence-corrected chi connectivity index (χ3v) is 5.11. The number of carbonyl (C=O) groups excluding carboxylic acids is 2. The molecule has 0 aromatic heterocycles. The fourth-order valence-corrected chi connectivity index (χ4v) is 3.55. The molecule has 11 heteroatoms. The summed E-state index contributed by atoms with van der Waals surface area (Å²) in [5.74, 6) is -3.23. The first-order valence-corrected chi connectivity index (χ1v) is 9.53. The van der Waals surface area contributed by atoms with E-state index in [-0.39, 0.29) is 29.2 Å². The molecule has 1 heterocycles. The lowest BCUT2D eigenvalue weighted by atomic mass is 9.77. The molecular formula is C21H21F3N2O6. The second-order valence-corrected chi connectivity index (χ2v) is 7.07. The van der Waals surface area contributed by atoms with Gasteiger partial charge in [0.25, 0.3) is 0 Å². The van der Waals surface area contributed by atoms with E-state index in [0.29, 0.717) is 5.75 Å². The number of ether oxygens (including phenoxy) is 2.